The van der Waals surface area contributed by atoms with Crippen molar-refractivity contribution >= 4 is 22.8 Å². The fourth-order valence-electron chi connectivity index (χ4n) is 1.92. The van der Waals surface area contributed by atoms with Gasteiger partial charge in [0, 0.05) is 12.5 Å². The standard InChI is InChI=1S/C15H14O3S/c1-11(16)19-9-3-5-12-4-2-6-13(10-12)15(7-8-15)14(17)18/h2,4,6,10H,7-9H2,1H3,(H,17,18). The van der Waals surface area contributed by atoms with Gasteiger partial charge in [0.1, 0.15) is 0 Å². The third-order valence-corrected chi connectivity index (χ3v) is 3.85. The molecule has 0 saturated heterocycles. The lowest BCUT2D eigenvalue weighted by molar-refractivity contribution is -0.140. The molecule has 2 rings (SSSR count). The second-order valence-electron chi connectivity index (χ2n) is 4.55. The van der Waals surface area contributed by atoms with E-state index < -0.39 is 11.4 Å². The van der Waals surface area contributed by atoms with Gasteiger partial charge in [-0.25, -0.2) is 0 Å². The van der Waals surface area contributed by atoms with E-state index in [-0.39, 0.29) is 5.12 Å². The summed E-state index contributed by atoms with van der Waals surface area (Å²) in [5, 5.41) is 9.29. The molecule has 1 aliphatic carbocycles. The van der Waals surface area contributed by atoms with Gasteiger partial charge in [-0.3, -0.25) is 9.59 Å². The number of thioether (sulfide) groups is 1. The van der Waals surface area contributed by atoms with Gasteiger partial charge in [0.05, 0.1) is 11.2 Å². The molecule has 19 heavy (non-hydrogen) atoms. The highest BCUT2D eigenvalue weighted by molar-refractivity contribution is 8.13. The molecule has 0 aliphatic heterocycles. The van der Waals surface area contributed by atoms with E-state index in [4.69, 9.17) is 0 Å². The molecule has 0 radical (unpaired) electrons. The molecule has 98 valence electrons. The summed E-state index contributed by atoms with van der Waals surface area (Å²) in [6, 6.07) is 7.37. The summed E-state index contributed by atoms with van der Waals surface area (Å²) < 4.78 is 0. The van der Waals surface area contributed by atoms with E-state index in [9.17, 15) is 14.7 Å². The average Bonchev–Trinajstić information content (AvgIpc) is 3.16. The smallest absolute Gasteiger partial charge is 0.314 e. The SMILES string of the molecule is CC(=O)SCC#Cc1cccc(C2(C(=O)O)CC2)c1. The number of hydrogen-bond donors (Lipinski definition) is 1. The van der Waals surface area contributed by atoms with Gasteiger partial charge in [-0.2, -0.15) is 0 Å². The fraction of sp³-hybridized carbons (Fsp3) is 0.333. The van der Waals surface area contributed by atoms with Crippen molar-refractivity contribution in [1.82, 2.24) is 0 Å². The molecule has 0 spiro atoms. The maximum atomic E-state index is 11.3. The predicted molar refractivity (Wildman–Crippen MR) is 75.0 cm³/mol. The maximum Gasteiger partial charge on any atom is 0.314 e. The summed E-state index contributed by atoms with van der Waals surface area (Å²) in [5.41, 5.74) is 0.937. The molecule has 1 saturated carbocycles. The summed E-state index contributed by atoms with van der Waals surface area (Å²) in [5.74, 6) is 5.57. The first kappa shape index (κ1) is 13.7. The Morgan fingerprint density at radius 2 is 2.16 bits per heavy atom. The van der Waals surface area contributed by atoms with Gasteiger partial charge in [0.15, 0.2) is 5.12 Å². The van der Waals surface area contributed by atoms with Crippen LogP contribution in [0.5, 0.6) is 0 Å². The summed E-state index contributed by atoms with van der Waals surface area (Å²) in [4.78, 5) is 22.0. The molecule has 1 aromatic carbocycles. The lowest BCUT2D eigenvalue weighted by Gasteiger charge is -2.09. The first-order valence-electron chi connectivity index (χ1n) is 6.01. The number of carboxylic acids is 1. The third kappa shape index (κ3) is 3.18. The van der Waals surface area contributed by atoms with Gasteiger partial charge < -0.3 is 5.11 Å². The Hall–Kier alpha value is -1.73. The van der Waals surface area contributed by atoms with Crippen LogP contribution in [0, 0.1) is 11.8 Å². The number of aliphatic carboxylic acids is 1. The number of benzene rings is 1. The molecule has 0 bridgehead atoms. The van der Waals surface area contributed by atoms with E-state index in [0.717, 1.165) is 11.1 Å². The number of rotatable bonds is 3. The van der Waals surface area contributed by atoms with Crippen LogP contribution in [0.4, 0.5) is 0 Å². The van der Waals surface area contributed by atoms with Gasteiger partial charge in [-0.15, -0.1) is 0 Å². The molecule has 1 fully saturated rings. The maximum absolute atomic E-state index is 11.3. The summed E-state index contributed by atoms with van der Waals surface area (Å²) in [7, 11) is 0. The highest BCUT2D eigenvalue weighted by Crippen LogP contribution is 2.48. The zero-order chi connectivity index (χ0) is 13.9. The Balaban J connectivity index is 2.12. The summed E-state index contributed by atoms with van der Waals surface area (Å²) in [6.45, 7) is 1.51. The highest BCUT2D eigenvalue weighted by Gasteiger charge is 2.51. The van der Waals surface area contributed by atoms with Gasteiger partial charge in [0.2, 0.25) is 0 Å². The molecule has 1 aromatic rings. The van der Waals surface area contributed by atoms with E-state index in [1.165, 1.54) is 18.7 Å². The van der Waals surface area contributed by atoms with Gasteiger partial charge in [0.25, 0.3) is 0 Å². The van der Waals surface area contributed by atoms with Gasteiger partial charge in [-0.05, 0) is 30.5 Å². The Labute approximate surface area is 116 Å². The summed E-state index contributed by atoms with van der Waals surface area (Å²) >= 11 is 1.17. The largest absolute Gasteiger partial charge is 0.481 e. The minimum absolute atomic E-state index is 0.0471. The Morgan fingerprint density at radius 3 is 2.74 bits per heavy atom. The van der Waals surface area contributed by atoms with Crippen molar-refractivity contribution in [3.63, 3.8) is 0 Å². The Kier molecular flexibility index (Phi) is 3.96. The van der Waals surface area contributed by atoms with Crippen LogP contribution in [0.3, 0.4) is 0 Å². The molecule has 1 aliphatic rings. The Morgan fingerprint density at radius 1 is 1.42 bits per heavy atom. The molecule has 4 heteroatoms. The van der Waals surface area contributed by atoms with Crippen molar-refractivity contribution in [1.29, 1.82) is 0 Å². The van der Waals surface area contributed by atoms with E-state index in [1.54, 1.807) is 0 Å². The van der Waals surface area contributed by atoms with Crippen molar-refractivity contribution in [3.05, 3.63) is 35.4 Å². The van der Waals surface area contributed by atoms with Crippen LogP contribution in [-0.4, -0.2) is 21.9 Å². The summed E-state index contributed by atoms with van der Waals surface area (Å²) in [6.07, 6.45) is 1.39. The molecular weight excluding hydrogens is 260 g/mol. The van der Waals surface area contributed by atoms with E-state index >= 15 is 0 Å². The average molecular weight is 274 g/mol. The Bertz CT molecular complexity index is 577. The number of hydrogen-bond acceptors (Lipinski definition) is 3. The normalized spacial score (nSPS) is 15.2. The molecule has 0 heterocycles. The van der Waals surface area contributed by atoms with Gasteiger partial charge >= 0.3 is 5.97 Å². The van der Waals surface area contributed by atoms with Crippen molar-refractivity contribution < 1.29 is 14.7 Å². The van der Waals surface area contributed by atoms with E-state index in [0.29, 0.717) is 18.6 Å². The molecule has 0 amide bonds. The number of carbonyl (C=O) groups excluding carboxylic acids is 1. The predicted octanol–water partition coefficient (Wildman–Crippen LogP) is 2.43. The number of carboxylic acid groups (broad SMARTS) is 1. The van der Waals surface area contributed by atoms with Crippen LogP contribution >= 0.6 is 11.8 Å². The van der Waals surface area contributed by atoms with Crippen LogP contribution < -0.4 is 0 Å². The van der Waals surface area contributed by atoms with Crippen molar-refractivity contribution in [3.8, 4) is 11.8 Å². The first-order chi connectivity index (χ1) is 9.04. The van der Waals surface area contributed by atoms with E-state index in [2.05, 4.69) is 11.8 Å². The van der Waals surface area contributed by atoms with Crippen LogP contribution in [0.1, 0.15) is 30.9 Å². The van der Waals surface area contributed by atoms with Crippen LogP contribution in [0.2, 0.25) is 0 Å². The first-order valence-corrected chi connectivity index (χ1v) is 6.99. The quantitative estimate of drug-likeness (QED) is 0.860. The lowest BCUT2D eigenvalue weighted by atomic mass is 9.95. The third-order valence-electron chi connectivity index (χ3n) is 3.15. The number of carbonyl (C=O) groups is 2. The monoisotopic (exact) mass is 274 g/mol. The molecule has 3 nitrogen and oxygen atoms in total. The molecule has 1 N–H and O–H groups in total. The fourth-order valence-corrected chi connectivity index (χ4v) is 2.27. The van der Waals surface area contributed by atoms with Crippen LogP contribution in [0.15, 0.2) is 24.3 Å². The zero-order valence-corrected chi connectivity index (χ0v) is 11.4. The minimum atomic E-state index is -0.759. The lowest BCUT2D eigenvalue weighted by Crippen LogP contribution is -2.19. The van der Waals surface area contributed by atoms with Crippen LogP contribution in [-0.2, 0) is 15.0 Å². The van der Waals surface area contributed by atoms with Gasteiger partial charge in [-0.1, -0.05) is 35.7 Å². The van der Waals surface area contributed by atoms with E-state index in [1.807, 2.05) is 24.3 Å². The molecular formula is C15H14O3S. The second kappa shape index (κ2) is 5.50. The topological polar surface area (TPSA) is 54.4 Å². The van der Waals surface area contributed by atoms with Crippen molar-refractivity contribution in [2.24, 2.45) is 0 Å². The molecule has 0 atom stereocenters. The van der Waals surface area contributed by atoms with Crippen LogP contribution in [0.25, 0.3) is 0 Å². The second-order valence-corrected chi connectivity index (χ2v) is 5.70. The molecule has 0 unspecified atom stereocenters. The molecule has 0 aromatic heterocycles. The van der Waals surface area contributed by atoms with Crippen molar-refractivity contribution in [2.45, 2.75) is 25.2 Å². The minimum Gasteiger partial charge on any atom is -0.481 e. The van der Waals surface area contributed by atoms with Crippen molar-refractivity contribution in [2.75, 3.05) is 5.75 Å². The highest BCUT2D eigenvalue weighted by atomic mass is 32.2. The zero-order valence-electron chi connectivity index (χ0n) is 10.6.